The van der Waals surface area contributed by atoms with E-state index in [0.29, 0.717) is 17.1 Å². The summed E-state index contributed by atoms with van der Waals surface area (Å²) >= 11 is 6.09. The standard InChI is InChI=1S/C24H21ClN2O2/c1-29-21-9-6-17(7-10-21)16-2-4-18(5-3-16)24(28)26-13-12-19-15-27-23-11-8-20(25)14-22(19)23/h2-11,14-15,27H,12-13H2,1H3,(H,26,28). The van der Waals surface area contributed by atoms with Crippen LogP contribution >= 0.6 is 11.6 Å². The van der Waals surface area contributed by atoms with E-state index < -0.39 is 0 Å². The van der Waals surface area contributed by atoms with Crippen LogP contribution in [-0.4, -0.2) is 24.5 Å². The average Bonchev–Trinajstić information content (AvgIpc) is 3.16. The summed E-state index contributed by atoms with van der Waals surface area (Å²) < 4.78 is 5.19. The molecule has 5 heteroatoms. The summed E-state index contributed by atoms with van der Waals surface area (Å²) in [7, 11) is 1.65. The smallest absolute Gasteiger partial charge is 0.251 e. The fraction of sp³-hybridized carbons (Fsp3) is 0.125. The summed E-state index contributed by atoms with van der Waals surface area (Å²) in [6.45, 7) is 0.554. The monoisotopic (exact) mass is 404 g/mol. The topological polar surface area (TPSA) is 54.1 Å². The Kier molecular flexibility index (Phi) is 5.54. The molecule has 29 heavy (non-hydrogen) atoms. The number of aromatic nitrogens is 1. The Hall–Kier alpha value is -3.24. The SMILES string of the molecule is COc1ccc(-c2ccc(C(=O)NCCc3c[nH]c4ccc(Cl)cc34)cc2)cc1. The second-order valence-corrected chi connectivity index (χ2v) is 7.25. The summed E-state index contributed by atoms with van der Waals surface area (Å²) in [4.78, 5) is 15.7. The molecule has 0 aliphatic carbocycles. The van der Waals surface area contributed by atoms with E-state index >= 15 is 0 Å². The Morgan fingerprint density at radius 1 is 1.00 bits per heavy atom. The van der Waals surface area contributed by atoms with Gasteiger partial charge in [-0.25, -0.2) is 0 Å². The Morgan fingerprint density at radius 2 is 1.69 bits per heavy atom. The molecule has 0 aliphatic heterocycles. The summed E-state index contributed by atoms with van der Waals surface area (Å²) in [6.07, 6.45) is 2.70. The number of carbonyl (C=O) groups is 1. The van der Waals surface area contributed by atoms with Crippen LogP contribution in [0, 0.1) is 0 Å². The molecule has 0 aliphatic rings. The predicted octanol–water partition coefficient (Wildman–Crippen LogP) is 5.47. The minimum atomic E-state index is -0.0795. The molecular weight excluding hydrogens is 384 g/mol. The number of carbonyl (C=O) groups excluding carboxylic acids is 1. The molecule has 0 bridgehead atoms. The first-order valence-corrected chi connectivity index (χ1v) is 9.80. The number of hydrogen-bond acceptors (Lipinski definition) is 2. The van der Waals surface area contributed by atoms with E-state index in [-0.39, 0.29) is 5.91 Å². The molecule has 4 nitrogen and oxygen atoms in total. The molecule has 1 aromatic heterocycles. The van der Waals surface area contributed by atoms with E-state index in [1.54, 1.807) is 7.11 Å². The molecule has 0 radical (unpaired) electrons. The Balaban J connectivity index is 1.37. The van der Waals surface area contributed by atoms with Crippen LogP contribution in [0.2, 0.25) is 5.02 Å². The van der Waals surface area contributed by atoms with Gasteiger partial charge in [0.25, 0.3) is 5.91 Å². The molecule has 0 atom stereocenters. The molecule has 0 fully saturated rings. The number of halogens is 1. The third kappa shape index (κ3) is 4.28. The van der Waals surface area contributed by atoms with Crippen LogP contribution in [0.1, 0.15) is 15.9 Å². The number of methoxy groups -OCH3 is 1. The Bertz CT molecular complexity index is 1130. The van der Waals surface area contributed by atoms with E-state index in [2.05, 4.69) is 10.3 Å². The average molecular weight is 405 g/mol. The molecule has 0 spiro atoms. The second-order valence-electron chi connectivity index (χ2n) is 6.82. The molecule has 1 amide bonds. The van der Waals surface area contributed by atoms with Crippen molar-refractivity contribution < 1.29 is 9.53 Å². The maximum atomic E-state index is 12.5. The summed E-state index contributed by atoms with van der Waals surface area (Å²) in [5, 5.41) is 4.79. The lowest BCUT2D eigenvalue weighted by molar-refractivity contribution is 0.0954. The van der Waals surface area contributed by atoms with Crippen molar-refractivity contribution >= 4 is 28.4 Å². The lowest BCUT2D eigenvalue weighted by Crippen LogP contribution is -2.25. The van der Waals surface area contributed by atoms with Crippen LogP contribution in [-0.2, 0) is 6.42 Å². The highest BCUT2D eigenvalue weighted by Crippen LogP contribution is 2.24. The first kappa shape index (κ1) is 19.1. The number of ether oxygens (including phenoxy) is 1. The zero-order valence-electron chi connectivity index (χ0n) is 16.0. The molecule has 0 saturated carbocycles. The molecule has 0 unspecified atom stereocenters. The fourth-order valence-electron chi connectivity index (χ4n) is 3.37. The number of aromatic amines is 1. The first-order valence-electron chi connectivity index (χ1n) is 9.42. The fourth-order valence-corrected chi connectivity index (χ4v) is 3.54. The van der Waals surface area contributed by atoms with Gasteiger partial charge in [0.1, 0.15) is 5.75 Å². The highest BCUT2D eigenvalue weighted by Gasteiger charge is 2.08. The van der Waals surface area contributed by atoms with Crippen molar-refractivity contribution in [2.24, 2.45) is 0 Å². The number of rotatable bonds is 6. The number of H-pyrrole nitrogens is 1. The van der Waals surface area contributed by atoms with Crippen molar-refractivity contribution in [1.29, 1.82) is 0 Å². The van der Waals surface area contributed by atoms with Crippen molar-refractivity contribution in [1.82, 2.24) is 10.3 Å². The van der Waals surface area contributed by atoms with Gasteiger partial charge in [0.15, 0.2) is 0 Å². The van der Waals surface area contributed by atoms with E-state index in [0.717, 1.165) is 39.8 Å². The number of amides is 1. The highest BCUT2D eigenvalue weighted by molar-refractivity contribution is 6.31. The van der Waals surface area contributed by atoms with Crippen molar-refractivity contribution in [3.05, 3.63) is 89.1 Å². The maximum Gasteiger partial charge on any atom is 0.251 e. The van der Waals surface area contributed by atoms with Crippen LogP contribution in [0.5, 0.6) is 5.75 Å². The van der Waals surface area contributed by atoms with Crippen LogP contribution in [0.4, 0.5) is 0 Å². The van der Waals surface area contributed by atoms with Crippen molar-refractivity contribution in [2.45, 2.75) is 6.42 Å². The molecule has 3 aromatic carbocycles. The molecule has 2 N–H and O–H groups in total. The molecular formula is C24H21ClN2O2. The highest BCUT2D eigenvalue weighted by atomic mass is 35.5. The van der Waals surface area contributed by atoms with Gasteiger partial charge in [-0.2, -0.15) is 0 Å². The largest absolute Gasteiger partial charge is 0.497 e. The van der Waals surface area contributed by atoms with Gasteiger partial charge in [-0.1, -0.05) is 35.9 Å². The number of hydrogen-bond donors (Lipinski definition) is 2. The van der Waals surface area contributed by atoms with Gasteiger partial charge in [0.05, 0.1) is 7.11 Å². The zero-order valence-corrected chi connectivity index (χ0v) is 16.8. The van der Waals surface area contributed by atoms with Crippen LogP contribution in [0.15, 0.2) is 72.9 Å². The number of nitrogens with one attached hydrogen (secondary N) is 2. The summed E-state index contributed by atoms with van der Waals surface area (Å²) in [6, 6.07) is 21.2. The van der Waals surface area contributed by atoms with Crippen LogP contribution in [0.3, 0.4) is 0 Å². The van der Waals surface area contributed by atoms with Crippen molar-refractivity contribution in [3.63, 3.8) is 0 Å². The lowest BCUT2D eigenvalue weighted by Gasteiger charge is -2.07. The minimum absolute atomic E-state index is 0.0795. The van der Waals surface area contributed by atoms with E-state index in [1.807, 2.05) is 72.9 Å². The van der Waals surface area contributed by atoms with E-state index in [9.17, 15) is 4.79 Å². The molecule has 4 rings (SSSR count). The molecule has 146 valence electrons. The van der Waals surface area contributed by atoms with Crippen molar-refractivity contribution in [3.8, 4) is 16.9 Å². The van der Waals surface area contributed by atoms with Gasteiger partial charge in [-0.3, -0.25) is 4.79 Å². The molecule has 1 heterocycles. The molecule has 4 aromatic rings. The Labute approximate surface area is 174 Å². The van der Waals surface area contributed by atoms with E-state index in [1.165, 1.54) is 0 Å². The van der Waals surface area contributed by atoms with Crippen molar-refractivity contribution in [2.75, 3.05) is 13.7 Å². The lowest BCUT2D eigenvalue weighted by atomic mass is 10.0. The van der Waals surface area contributed by atoms with Gasteiger partial charge in [-0.05, 0) is 65.6 Å². The molecule has 0 saturated heterocycles. The van der Waals surface area contributed by atoms with Gasteiger partial charge in [0.2, 0.25) is 0 Å². The predicted molar refractivity (Wildman–Crippen MR) is 118 cm³/mol. The van der Waals surface area contributed by atoms with Gasteiger partial charge >= 0.3 is 0 Å². The van der Waals surface area contributed by atoms with E-state index in [4.69, 9.17) is 16.3 Å². The zero-order chi connectivity index (χ0) is 20.2. The van der Waals surface area contributed by atoms with Crippen LogP contribution < -0.4 is 10.1 Å². The summed E-state index contributed by atoms with van der Waals surface area (Å²) in [5.74, 6) is 0.742. The first-order chi connectivity index (χ1) is 14.1. The van der Waals surface area contributed by atoms with Gasteiger partial charge < -0.3 is 15.0 Å². The normalized spacial score (nSPS) is 10.8. The van der Waals surface area contributed by atoms with Gasteiger partial charge in [-0.15, -0.1) is 0 Å². The third-order valence-corrected chi connectivity index (χ3v) is 5.21. The number of benzene rings is 3. The summed E-state index contributed by atoms with van der Waals surface area (Å²) in [5.41, 5.74) is 4.96. The van der Waals surface area contributed by atoms with Gasteiger partial charge in [0, 0.05) is 34.2 Å². The minimum Gasteiger partial charge on any atom is -0.497 e. The third-order valence-electron chi connectivity index (χ3n) is 4.98. The second kappa shape index (κ2) is 8.41. The maximum absolute atomic E-state index is 12.5. The quantitative estimate of drug-likeness (QED) is 0.447. The van der Waals surface area contributed by atoms with Crippen LogP contribution in [0.25, 0.3) is 22.0 Å². The number of fused-ring (bicyclic) bond motifs is 1. The Morgan fingerprint density at radius 3 is 2.38 bits per heavy atom.